The molecule has 0 saturated carbocycles. The topological polar surface area (TPSA) is 40.1 Å². The van der Waals surface area contributed by atoms with Crippen LogP contribution in [0.4, 0.5) is 0 Å². The summed E-state index contributed by atoms with van der Waals surface area (Å²) >= 11 is 0. The van der Waals surface area contributed by atoms with E-state index in [1.807, 2.05) is 6.92 Å². The van der Waals surface area contributed by atoms with Crippen molar-refractivity contribution in [1.29, 1.82) is 0 Å². The Kier molecular flexibility index (Phi) is 22.8. The smallest absolute Gasteiger partial charge is 0.545 e. The quantitative estimate of drug-likeness (QED) is 0.358. The van der Waals surface area contributed by atoms with E-state index in [1.54, 1.807) is 0 Å². The molecule has 0 fully saturated rings. The second-order valence-electron chi connectivity index (χ2n) is 7.67. The van der Waals surface area contributed by atoms with Gasteiger partial charge < -0.3 is 9.90 Å². The monoisotopic (exact) mass is 388 g/mol. The molecule has 0 unspecified atom stereocenters. The number of carboxylic acids is 1. The fourth-order valence-corrected chi connectivity index (χ4v) is 2.98. The molecular weight excluding hydrogens is 351 g/mol. The van der Waals surface area contributed by atoms with Crippen LogP contribution in [0, 0.1) is 17.8 Å². The molecule has 0 aliphatic rings. The van der Waals surface area contributed by atoms with Crippen LogP contribution in [0.25, 0.3) is 0 Å². The van der Waals surface area contributed by atoms with Gasteiger partial charge in [-0.2, -0.15) is 0 Å². The Morgan fingerprint density at radius 3 is 1.71 bits per heavy atom. The average molecular weight is 388 g/mol. The molecule has 0 aromatic carbocycles. The maximum Gasteiger partial charge on any atom is 1.00 e. The zero-order valence-electron chi connectivity index (χ0n) is 16.8. The second kappa shape index (κ2) is 18.5. The molecular formula is C20H37FeNaO2. The first-order valence-corrected chi connectivity index (χ1v) is 9.19. The molecule has 2 atom stereocenters. The molecule has 138 valence electrons. The Bertz CT molecular complexity index is 330. The predicted molar refractivity (Wildman–Crippen MR) is 93.5 cm³/mol. The van der Waals surface area contributed by atoms with Crippen molar-refractivity contribution in [2.24, 2.45) is 17.8 Å². The van der Waals surface area contributed by atoms with Gasteiger partial charge in [0.1, 0.15) is 0 Å². The molecule has 0 spiro atoms. The number of carbonyl (C=O) groups excluding carboxylic acids is 1. The van der Waals surface area contributed by atoms with Crippen LogP contribution in [0.1, 0.15) is 92.4 Å². The molecule has 0 aromatic rings. The average Bonchev–Trinajstić information content (AvgIpc) is 2.37. The van der Waals surface area contributed by atoms with Gasteiger partial charge in [0.25, 0.3) is 0 Å². The zero-order valence-corrected chi connectivity index (χ0v) is 19.9. The summed E-state index contributed by atoms with van der Waals surface area (Å²) in [6.07, 6.45) is 12.5. The number of hydrogen-bond donors (Lipinski definition) is 0. The minimum Gasteiger partial charge on any atom is -0.545 e. The summed E-state index contributed by atoms with van der Waals surface area (Å²) in [5, 5.41) is 10.4. The molecule has 0 radical (unpaired) electrons. The van der Waals surface area contributed by atoms with Crippen LogP contribution < -0.4 is 34.7 Å². The molecule has 0 bridgehead atoms. The SMILES string of the molecule is C/C(=C\C(=O)[O-])CCC[C@H](C)CCC[C@H](C)CCCC(C)C.[Fe].[Na+]. The van der Waals surface area contributed by atoms with Crippen molar-refractivity contribution in [3.05, 3.63) is 11.6 Å². The van der Waals surface area contributed by atoms with Crippen molar-refractivity contribution in [1.82, 2.24) is 0 Å². The van der Waals surface area contributed by atoms with Gasteiger partial charge in [-0.1, -0.05) is 78.2 Å². The van der Waals surface area contributed by atoms with Gasteiger partial charge in [0.2, 0.25) is 0 Å². The fourth-order valence-electron chi connectivity index (χ4n) is 2.98. The van der Waals surface area contributed by atoms with E-state index < -0.39 is 5.97 Å². The van der Waals surface area contributed by atoms with E-state index >= 15 is 0 Å². The molecule has 0 amide bonds. The molecule has 4 heteroatoms. The predicted octanol–water partition coefficient (Wildman–Crippen LogP) is 2.12. The number of carboxylic acid groups (broad SMARTS) is 1. The van der Waals surface area contributed by atoms with Gasteiger partial charge in [-0.15, -0.1) is 0 Å². The Morgan fingerprint density at radius 2 is 1.29 bits per heavy atom. The minimum atomic E-state index is -1.07. The third-order valence-electron chi connectivity index (χ3n) is 4.50. The maximum absolute atomic E-state index is 10.4. The molecule has 0 aromatic heterocycles. The van der Waals surface area contributed by atoms with E-state index in [1.165, 1.54) is 51.0 Å². The summed E-state index contributed by atoms with van der Waals surface area (Å²) in [4.78, 5) is 10.4. The Morgan fingerprint density at radius 1 is 0.875 bits per heavy atom. The first-order chi connectivity index (χ1) is 10.3. The van der Waals surface area contributed by atoms with Crippen molar-refractivity contribution in [2.75, 3.05) is 0 Å². The van der Waals surface area contributed by atoms with Gasteiger partial charge in [-0.25, -0.2) is 0 Å². The van der Waals surface area contributed by atoms with Crippen LogP contribution in [0.15, 0.2) is 11.6 Å². The molecule has 0 aliphatic heterocycles. The van der Waals surface area contributed by atoms with Crippen molar-refractivity contribution >= 4 is 5.97 Å². The Balaban J connectivity index is -0.00000220. The van der Waals surface area contributed by atoms with Gasteiger partial charge in [0, 0.05) is 17.1 Å². The summed E-state index contributed by atoms with van der Waals surface area (Å²) in [6, 6.07) is 0. The largest absolute Gasteiger partial charge is 1.00 e. The number of allylic oxidation sites excluding steroid dienone is 1. The van der Waals surface area contributed by atoms with E-state index in [-0.39, 0.29) is 46.6 Å². The van der Waals surface area contributed by atoms with Crippen LogP contribution in [-0.2, 0) is 21.9 Å². The summed E-state index contributed by atoms with van der Waals surface area (Å²) in [5.41, 5.74) is 0.922. The van der Waals surface area contributed by atoms with E-state index in [0.29, 0.717) is 0 Å². The first-order valence-electron chi connectivity index (χ1n) is 9.19. The van der Waals surface area contributed by atoms with Gasteiger partial charge >= 0.3 is 29.6 Å². The maximum atomic E-state index is 10.4. The Labute approximate surface area is 183 Å². The summed E-state index contributed by atoms with van der Waals surface area (Å²) in [6.45, 7) is 11.2. The van der Waals surface area contributed by atoms with E-state index in [9.17, 15) is 9.90 Å². The van der Waals surface area contributed by atoms with Gasteiger partial charge in [-0.3, -0.25) is 0 Å². The number of rotatable bonds is 13. The van der Waals surface area contributed by atoms with Gasteiger partial charge in [-0.05, 0) is 43.6 Å². The van der Waals surface area contributed by atoms with Gasteiger partial charge in [0.15, 0.2) is 0 Å². The normalized spacial score (nSPS) is 13.8. The van der Waals surface area contributed by atoms with Crippen molar-refractivity contribution < 1.29 is 56.5 Å². The Hall–Kier alpha value is 0.729. The van der Waals surface area contributed by atoms with Gasteiger partial charge in [0.05, 0.1) is 5.97 Å². The summed E-state index contributed by atoms with van der Waals surface area (Å²) < 4.78 is 0. The van der Waals surface area contributed by atoms with Crippen LogP contribution >= 0.6 is 0 Å². The molecule has 0 aliphatic carbocycles. The summed E-state index contributed by atoms with van der Waals surface area (Å²) in [7, 11) is 0. The van der Waals surface area contributed by atoms with Crippen LogP contribution in [0.2, 0.25) is 0 Å². The third-order valence-corrected chi connectivity index (χ3v) is 4.50. The molecule has 0 N–H and O–H groups in total. The number of carbonyl (C=O) groups is 1. The molecule has 24 heavy (non-hydrogen) atoms. The van der Waals surface area contributed by atoms with E-state index in [4.69, 9.17) is 0 Å². The van der Waals surface area contributed by atoms with E-state index in [2.05, 4.69) is 27.7 Å². The second-order valence-corrected chi connectivity index (χ2v) is 7.67. The molecule has 0 saturated heterocycles. The third kappa shape index (κ3) is 20.8. The van der Waals surface area contributed by atoms with Crippen LogP contribution in [0.3, 0.4) is 0 Å². The molecule has 0 heterocycles. The van der Waals surface area contributed by atoms with Crippen LogP contribution in [0.5, 0.6) is 0 Å². The summed E-state index contributed by atoms with van der Waals surface area (Å²) in [5.74, 6) is 1.37. The van der Waals surface area contributed by atoms with Crippen molar-refractivity contribution in [3.63, 3.8) is 0 Å². The van der Waals surface area contributed by atoms with E-state index in [0.717, 1.165) is 36.2 Å². The molecule has 2 nitrogen and oxygen atoms in total. The van der Waals surface area contributed by atoms with Crippen molar-refractivity contribution in [2.45, 2.75) is 92.4 Å². The molecule has 0 rings (SSSR count). The minimum absolute atomic E-state index is 0. The standard InChI is InChI=1S/C20H38O2.Fe.Na/c1-16(2)9-6-10-17(3)11-7-12-18(4)13-8-14-19(5)15-20(21)22;;/h15-18H,6-14H2,1-5H3,(H,21,22);;/q;;+1/p-1/b19-15+;;/t17-,18-;;/m1../s1. The van der Waals surface area contributed by atoms with Crippen molar-refractivity contribution in [3.8, 4) is 0 Å². The first kappa shape index (κ1) is 29.5. The van der Waals surface area contributed by atoms with Crippen LogP contribution in [-0.4, -0.2) is 5.97 Å². The zero-order chi connectivity index (χ0) is 17.0. The number of hydrogen-bond acceptors (Lipinski definition) is 2. The fraction of sp³-hybridized carbons (Fsp3) is 0.850. The number of aliphatic carboxylic acids is 1.